The number of rotatable bonds is 7. The van der Waals surface area contributed by atoms with E-state index in [1.165, 1.54) is 0 Å². The average molecular weight is 258 g/mol. The predicted octanol–water partition coefficient (Wildman–Crippen LogP) is 1.22. The Kier molecular flexibility index (Phi) is 6.55. The van der Waals surface area contributed by atoms with Crippen molar-refractivity contribution in [2.24, 2.45) is 5.92 Å². The lowest BCUT2D eigenvalue weighted by atomic mass is 10.0. The van der Waals surface area contributed by atoms with Gasteiger partial charge in [-0.1, -0.05) is 0 Å². The summed E-state index contributed by atoms with van der Waals surface area (Å²) >= 11 is 0. The summed E-state index contributed by atoms with van der Waals surface area (Å²) in [6.45, 7) is -1.65. The molecule has 0 saturated heterocycles. The van der Waals surface area contributed by atoms with Gasteiger partial charge in [0.2, 0.25) is 0 Å². The number of carbonyl (C=O) groups is 2. The van der Waals surface area contributed by atoms with E-state index in [9.17, 15) is 22.8 Å². The van der Waals surface area contributed by atoms with Gasteiger partial charge in [0.15, 0.2) is 5.92 Å². The van der Waals surface area contributed by atoms with Gasteiger partial charge >= 0.3 is 18.1 Å². The van der Waals surface area contributed by atoms with Crippen LogP contribution in [-0.4, -0.2) is 43.5 Å². The molecule has 0 spiro atoms. The number of hydrogen-bond donors (Lipinski definition) is 1. The van der Waals surface area contributed by atoms with Gasteiger partial charge in [-0.25, -0.2) is 0 Å². The summed E-state index contributed by atoms with van der Waals surface area (Å²) in [5, 5.41) is 8.64. The van der Waals surface area contributed by atoms with Crippen molar-refractivity contribution in [3.63, 3.8) is 0 Å². The number of carbonyl (C=O) groups excluding carboxylic acids is 1. The van der Waals surface area contributed by atoms with Crippen LogP contribution in [0.15, 0.2) is 0 Å². The SMILES string of the molecule is COC(=O)C(CCCOCC(F)(F)F)C(=O)O. The lowest BCUT2D eigenvalue weighted by Crippen LogP contribution is -2.25. The number of halogens is 3. The quantitative estimate of drug-likeness (QED) is 0.422. The van der Waals surface area contributed by atoms with Crippen LogP contribution >= 0.6 is 0 Å². The van der Waals surface area contributed by atoms with E-state index in [1.54, 1.807) is 0 Å². The van der Waals surface area contributed by atoms with Crippen molar-refractivity contribution in [3.05, 3.63) is 0 Å². The van der Waals surface area contributed by atoms with Crippen LogP contribution in [0.4, 0.5) is 13.2 Å². The van der Waals surface area contributed by atoms with Crippen LogP contribution in [0.5, 0.6) is 0 Å². The molecule has 0 aromatic heterocycles. The van der Waals surface area contributed by atoms with Crippen LogP contribution < -0.4 is 0 Å². The van der Waals surface area contributed by atoms with E-state index in [0.717, 1.165) is 7.11 Å². The van der Waals surface area contributed by atoms with E-state index in [0.29, 0.717) is 0 Å². The fraction of sp³-hybridized carbons (Fsp3) is 0.778. The molecule has 17 heavy (non-hydrogen) atoms. The van der Waals surface area contributed by atoms with Crippen molar-refractivity contribution in [3.8, 4) is 0 Å². The summed E-state index contributed by atoms with van der Waals surface area (Å²) in [5.74, 6) is -3.66. The minimum atomic E-state index is -4.41. The van der Waals surface area contributed by atoms with Crippen LogP contribution in [0.1, 0.15) is 12.8 Å². The molecule has 1 N–H and O–H groups in total. The zero-order chi connectivity index (χ0) is 13.5. The molecule has 0 aliphatic rings. The monoisotopic (exact) mass is 258 g/mol. The Bertz CT molecular complexity index is 264. The second-order valence-electron chi connectivity index (χ2n) is 3.22. The van der Waals surface area contributed by atoms with Gasteiger partial charge in [-0.2, -0.15) is 13.2 Å². The lowest BCUT2D eigenvalue weighted by molar-refractivity contribution is -0.175. The summed E-state index contributed by atoms with van der Waals surface area (Å²) in [7, 11) is 1.04. The normalized spacial score (nSPS) is 13.2. The Morgan fingerprint density at radius 2 is 1.94 bits per heavy atom. The summed E-state index contributed by atoms with van der Waals surface area (Å²) < 4.78 is 43.5. The number of methoxy groups -OCH3 is 1. The van der Waals surface area contributed by atoms with Gasteiger partial charge in [-0.15, -0.1) is 0 Å². The van der Waals surface area contributed by atoms with E-state index < -0.39 is 30.6 Å². The molecule has 1 atom stereocenters. The number of ether oxygens (including phenoxy) is 2. The molecule has 0 heterocycles. The molecular formula is C9H13F3O5. The van der Waals surface area contributed by atoms with Crippen molar-refractivity contribution >= 4 is 11.9 Å². The van der Waals surface area contributed by atoms with E-state index in [4.69, 9.17) is 5.11 Å². The third kappa shape index (κ3) is 7.56. The third-order valence-electron chi connectivity index (χ3n) is 1.83. The number of carboxylic acids is 1. The zero-order valence-electron chi connectivity index (χ0n) is 9.12. The molecule has 8 heteroatoms. The van der Waals surface area contributed by atoms with Crippen molar-refractivity contribution in [1.82, 2.24) is 0 Å². The van der Waals surface area contributed by atoms with Crippen LogP contribution in [0.2, 0.25) is 0 Å². The minimum Gasteiger partial charge on any atom is -0.481 e. The standard InChI is InChI=1S/C9H13F3O5/c1-16-8(15)6(7(13)14)3-2-4-17-5-9(10,11)12/h6H,2-5H2,1H3,(H,13,14). The molecule has 0 bridgehead atoms. The van der Waals surface area contributed by atoms with Crippen LogP contribution in [0.25, 0.3) is 0 Å². The van der Waals surface area contributed by atoms with Gasteiger partial charge in [0.25, 0.3) is 0 Å². The molecule has 0 aromatic carbocycles. The molecule has 0 rings (SSSR count). The Morgan fingerprint density at radius 3 is 2.35 bits per heavy atom. The fourth-order valence-electron chi connectivity index (χ4n) is 1.06. The molecule has 0 amide bonds. The van der Waals surface area contributed by atoms with Crippen molar-refractivity contribution in [1.29, 1.82) is 0 Å². The summed E-state index contributed by atoms with van der Waals surface area (Å²) in [6, 6.07) is 0. The van der Waals surface area contributed by atoms with Crippen molar-refractivity contribution in [2.75, 3.05) is 20.3 Å². The molecule has 0 fully saturated rings. The number of esters is 1. The highest BCUT2D eigenvalue weighted by Crippen LogP contribution is 2.15. The molecule has 0 aromatic rings. The first-order valence-corrected chi connectivity index (χ1v) is 4.73. The maximum Gasteiger partial charge on any atom is 0.411 e. The Labute approximate surface area is 95.5 Å². The fourth-order valence-corrected chi connectivity index (χ4v) is 1.06. The van der Waals surface area contributed by atoms with Gasteiger partial charge in [-0.05, 0) is 12.8 Å². The first kappa shape index (κ1) is 15.7. The van der Waals surface area contributed by atoms with Gasteiger partial charge in [0.1, 0.15) is 6.61 Å². The summed E-state index contributed by atoms with van der Waals surface area (Å²) in [4.78, 5) is 21.6. The smallest absolute Gasteiger partial charge is 0.411 e. The van der Waals surface area contributed by atoms with Crippen molar-refractivity contribution in [2.45, 2.75) is 19.0 Å². The lowest BCUT2D eigenvalue weighted by Gasteiger charge is -2.10. The van der Waals surface area contributed by atoms with Gasteiger partial charge in [-0.3, -0.25) is 9.59 Å². The second kappa shape index (κ2) is 7.10. The number of aliphatic carboxylic acids is 1. The molecule has 1 unspecified atom stereocenters. The largest absolute Gasteiger partial charge is 0.481 e. The number of hydrogen-bond acceptors (Lipinski definition) is 4. The third-order valence-corrected chi connectivity index (χ3v) is 1.83. The first-order valence-electron chi connectivity index (χ1n) is 4.73. The maximum atomic E-state index is 11.7. The Morgan fingerprint density at radius 1 is 1.35 bits per heavy atom. The predicted molar refractivity (Wildman–Crippen MR) is 49.2 cm³/mol. The molecule has 100 valence electrons. The van der Waals surface area contributed by atoms with E-state index in [-0.39, 0.29) is 19.4 Å². The minimum absolute atomic E-state index is 0.0299. The summed E-state index contributed by atoms with van der Waals surface area (Å²) in [6.07, 6.45) is -4.50. The van der Waals surface area contributed by atoms with E-state index in [1.807, 2.05) is 0 Å². The molecule has 0 aliphatic carbocycles. The Hall–Kier alpha value is -1.31. The Balaban J connectivity index is 3.85. The molecule has 0 radical (unpaired) electrons. The van der Waals surface area contributed by atoms with Crippen molar-refractivity contribution < 1.29 is 37.3 Å². The maximum absolute atomic E-state index is 11.7. The number of alkyl halides is 3. The molecule has 0 aliphatic heterocycles. The van der Waals surface area contributed by atoms with Crippen LogP contribution in [0.3, 0.4) is 0 Å². The van der Waals surface area contributed by atoms with Gasteiger partial charge in [0, 0.05) is 6.61 Å². The van der Waals surface area contributed by atoms with E-state index >= 15 is 0 Å². The van der Waals surface area contributed by atoms with E-state index in [2.05, 4.69) is 9.47 Å². The zero-order valence-corrected chi connectivity index (χ0v) is 9.12. The van der Waals surface area contributed by atoms with Crippen LogP contribution in [-0.2, 0) is 19.1 Å². The highest BCUT2D eigenvalue weighted by molar-refractivity contribution is 5.93. The first-order chi connectivity index (χ1) is 7.78. The molecule has 0 saturated carbocycles. The second-order valence-corrected chi connectivity index (χ2v) is 3.22. The van der Waals surface area contributed by atoms with Gasteiger partial charge in [0.05, 0.1) is 7.11 Å². The van der Waals surface area contributed by atoms with Gasteiger partial charge < -0.3 is 14.6 Å². The molecular weight excluding hydrogens is 245 g/mol. The highest BCUT2D eigenvalue weighted by Gasteiger charge is 2.28. The highest BCUT2D eigenvalue weighted by atomic mass is 19.4. The number of carboxylic acid groups (broad SMARTS) is 1. The summed E-state index contributed by atoms with van der Waals surface area (Å²) in [5.41, 5.74) is 0. The van der Waals surface area contributed by atoms with Crippen LogP contribution in [0, 0.1) is 5.92 Å². The molecule has 5 nitrogen and oxygen atoms in total. The topological polar surface area (TPSA) is 72.8 Å². The average Bonchev–Trinajstić information content (AvgIpc) is 2.20.